The Bertz CT molecular complexity index is 953. The molecular weight excluding hydrogens is 368 g/mol. The summed E-state index contributed by atoms with van der Waals surface area (Å²) in [6, 6.07) is 11.1. The van der Waals surface area contributed by atoms with Crippen molar-refractivity contribution >= 4 is 27.6 Å². The summed E-state index contributed by atoms with van der Waals surface area (Å²) in [4.78, 5) is 24.1. The molecule has 2 aromatic rings. The Morgan fingerprint density at radius 2 is 1.70 bits per heavy atom. The number of carbonyl (C=O) groups is 2. The van der Waals surface area contributed by atoms with Crippen LogP contribution in [0.15, 0.2) is 47.4 Å². The molecule has 0 saturated heterocycles. The third-order valence-electron chi connectivity index (χ3n) is 4.05. The van der Waals surface area contributed by atoms with E-state index in [1.807, 2.05) is 32.0 Å². The van der Waals surface area contributed by atoms with E-state index in [0.29, 0.717) is 5.69 Å². The smallest absolute Gasteiger partial charge is 0.311 e. The van der Waals surface area contributed by atoms with E-state index in [4.69, 9.17) is 9.88 Å². The van der Waals surface area contributed by atoms with Crippen molar-refractivity contribution < 1.29 is 22.7 Å². The molecule has 0 saturated carbocycles. The minimum Gasteiger partial charge on any atom is -0.452 e. The SMILES string of the molecule is Cc1ccc(CC(=O)OC(C)C(=O)Nc2ccc(S(N)(=O)=O)cc2)cc1C. The zero-order valence-electron chi connectivity index (χ0n) is 15.4. The molecule has 144 valence electrons. The first-order valence-electron chi connectivity index (χ1n) is 8.25. The Balaban J connectivity index is 1.92. The summed E-state index contributed by atoms with van der Waals surface area (Å²) in [7, 11) is -3.80. The summed E-state index contributed by atoms with van der Waals surface area (Å²) in [5, 5.41) is 7.57. The van der Waals surface area contributed by atoms with E-state index < -0.39 is 28.0 Å². The number of nitrogens with two attached hydrogens (primary N) is 1. The van der Waals surface area contributed by atoms with Gasteiger partial charge in [-0.25, -0.2) is 13.6 Å². The van der Waals surface area contributed by atoms with Crippen LogP contribution in [0.25, 0.3) is 0 Å². The second-order valence-corrected chi connectivity index (χ2v) is 7.85. The molecule has 8 heteroatoms. The number of nitrogens with one attached hydrogen (secondary N) is 1. The summed E-state index contributed by atoms with van der Waals surface area (Å²) in [6.45, 7) is 5.41. The number of sulfonamides is 1. The monoisotopic (exact) mass is 390 g/mol. The lowest BCUT2D eigenvalue weighted by Gasteiger charge is -2.14. The predicted molar refractivity (Wildman–Crippen MR) is 102 cm³/mol. The van der Waals surface area contributed by atoms with E-state index in [9.17, 15) is 18.0 Å². The van der Waals surface area contributed by atoms with Gasteiger partial charge in [0, 0.05) is 5.69 Å². The van der Waals surface area contributed by atoms with Gasteiger partial charge in [0.05, 0.1) is 11.3 Å². The van der Waals surface area contributed by atoms with Crippen molar-refractivity contribution in [1.29, 1.82) is 0 Å². The molecule has 0 bridgehead atoms. The molecule has 0 aliphatic heterocycles. The summed E-state index contributed by atoms with van der Waals surface area (Å²) < 4.78 is 27.6. The molecular formula is C19H22N2O5S. The highest BCUT2D eigenvalue weighted by Crippen LogP contribution is 2.14. The Morgan fingerprint density at radius 1 is 1.07 bits per heavy atom. The second-order valence-electron chi connectivity index (χ2n) is 6.29. The molecule has 0 spiro atoms. The van der Waals surface area contributed by atoms with Crippen LogP contribution in [0.4, 0.5) is 5.69 Å². The molecule has 1 atom stereocenters. The third-order valence-corrected chi connectivity index (χ3v) is 4.98. The highest BCUT2D eigenvalue weighted by molar-refractivity contribution is 7.89. The van der Waals surface area contributed by atoms with E-state index in [2.05, 4.69) is 5.32 Å². The minimum atomic E-state index is -3.80. The van der Waals surface area contributed by atoms with Gasteiger partial charge in [-0.2, -0.15) is 0 Å². The quantitative estimate of drug-likeness (QED) is 0.733. The van der Waals surface area contributed by atoms with Gasteiger partial charge in [-0.1, -0.05) is 18.2 Å². The molecule has 0 heterocycles. The van der Waals surface area contributed by atoms with Crippen LogP contribution in [0.1, 0.15) is 23.6 Å². The summed E-state index contributed by atoms with van der Waals surface area (Å²) in [6.07, 6.45) is -0.927. The number of carbonyl (C=O) groups excluding carboxylic acids is 2. The lowest BCUT2D eigenvalue weighted by atomic mass is 10.0. The van der Waals surface area contributed by atoms with Gasteiger partial charge < -0.3 is 10.1 Å². The van der Waals surface area contributed by atoms with Gasteiger partial charge in [0.15, 0.2) is 6.10 Å². The molecule has 7 nitrogen and oxygen atoms in total. The van der Waals surface area contributed by atoms with Crippen LogP contribution in [0.3, 0.4) is 0 Å². The van der Waals surface area contributed by atoms with Crippen LogP contribution in [-0.2, 0) is 30.8 Å². The van der Waals surface area contributed by atoms with Crippen molar-refractivity contribution in [2.45, 2.75) is 38.2 Å². The molecule has 0 aliphatic rings. The fourth-order valence-corrected chi connectivity index (χ4v) is 2.86. The largest absolute Gasteiger partial charge is 0.452 e. The van der Waals surface area contributed by atoms with E-state index in [1.54, 1.807) is 0 Å². The van der Waals surface area contributed by atoms with Gasteiger partial charge >= 0.3 is 5.97 Å². The number of benzene rings is 2. The summed E-state index contributed by atoms with van der Waals surface area (Å²) in [5.74, 6) is -1.03. The van der Waals surface area contributed by atoms with Crippen LogP contribution >= 0.6 is 0 Å². The van der Waals surface area contributed by atoms with E-state index in [1.165, 1.54) is 31.2 Å². The molecule has 1 unspecified atom stereocenters. The fraction of sp³-hybridized carbons (Fsp3) is 0.263. The van der Waals surface area contributed by atoms with Crippen molar-refractivity contribution in [3.63, 3.8) is 0 Å². The number of hydrogen-bond acceptors (Lipinski definition) is 5. The molecule has 0 fully saturated rings. The maximum Gasteiger partial charge on any atom is 0.311 e. The zero-order chi connectivity index (χ0) is 20.2. The number of rotatable bonds is 6. The topological polar surface area (TPSA) is 116 Å². The van der Waals surface area contributed by atoms with E-state index in [0.717, 1.165) is 16.7 Å². The third kappa shape index (κ3) is 5.90. The Morgan fingerprint density at radius 3 is 2.26 bits per heavy atom. The maximum atomic E-state index is 12.1. The first-order valence-corrected chi connectivity index (χ1v) is 9.80. The van der Waals surface area contributed by atoms with Gasteiger partial charge in [0.25, 0.3) is 5.91 Å². The van der Waals surface area contributed by atoms with Crippen molar-refractivity contribution in [2.24, 2.45) is 5.14 Å². The predicted octanol–water partition coefficient (Wildman–Crippen LogP) is 2.06. The van der Waals surface area contributed by atoms with Gasteiger partial charge in [0.1, 0.15) is 0 Å². The van der Waals surface area contributed by atoms with Crippen molar-refractivity contribution in [3.8, 4) is 0 Å². The van der Waals surface area contributed by atoms with Crippen molar-refractivity contribution in [3.05, 3.63) is 59.2 Å². The zero-order valence-corrected chi connectivity index (χ0v) is 16.2. The van der Waals surface area contributed by atoms with Gasteiger partial charge in [-0.3, -0.25) is 9.59 Å². The fourth-order valence-electron chi connectivity index (χ4n) is 2.34. The number of anilines is 1. The van der Waals surface area contributed by atoms with Crippen molar-refractivity contribution in [1.82, 2.24) is 0 Å². The summed E-state index contributed by atoms with van der Waals surface area (Å²) >= 11 is 0. The Labute approximate surface area is 158 Å². The minimum absolute atomic E-state index is 0.0617. The molecule has 2 rings (SSSR count). The molecule has 1 amide bonds. The van der Waals surface area contributed by atoms with Gasteiger partial charge in [-0.15, -0.1) is 0 Å². The van der Waals surface area contributed by atoms with Gasteiger partial charge in [0.2, 0.25) is 10.0 Å². The van der Waals surface area contributed by atoms with Crippen molar-refractivity contribution in [2.75, 3.05) is 5.32 Å². The lowest BCUT2D eigenvalue weighted by Crippen LogP contribution is -2.30. The number of ether oxygens (including phenoxy) is 1. The molecule has 0 aromatic heterocycles. The van der Waals surface area contributed by atoms with Crippen LogP contribution in [0.5, 0.6) is 0 Å². The molecule has 3 N–H and O–H groups in total. The lowest BCUT2D eigenvalue weighted by molar-refractivity contribution is -0.152. The van der Waals surface area contributed by atoms with Crippen LogP contribution < -0.4 is 10.5 Å². The number of esters is 1. The first kappa shape index (κ1) is 20.6. The molecule has 0 aliphatic carbocycles. The van der Waals surface area contributed by atoms with Gasteiger partial charge in [-0.05, 0) is 61.7 Å². The van der Waals surface area contributed by atoms with E-state index >= 15 is 0 Å². The Hall–Kier alpha value is -2.71. The van der Waals surface area contributed by atoms with Crippen LogP contribution in [0, 0.1) is 13.8 Å². The average Bonchev–Trinajstić information content (AvgIpc) is 2.57. The highest BCUT2D eigenvalue weighted by atomic mass is 32.2. The second kappa shape index (κ2) is 8.32. The standard InChI is InChI=1S/C19H22N2O5S/c1-12-4-5-15(10-13(12)2)11-18(22)26-14(3)19(23)21-16-6-8-17(9-7-16)27(20,24)25/h4-10,14H,11H2,1-3H3,(H,21,23)(H2,20,24,25). The molecule has 27 heavy (non-hydrogen) atoms. The van der Waals surface area contributed by atoms with Crippen LogP contribution in [-0.4, -0.2) is 26.4 Å². The normalized spacial score (nSPS) is 12.3. The van der Waals surface area contributed by atoms with E-state index in [-0.39, 0.29) is 11.3 Å². The maximum absolute atomic E-state index is 12.1. The Kier molecular flexibility index (Phi) is 6.35. The van der Waals surface area contributed by atoms with Crippen LogP contribution in [0.2, 0.25) is 0 Å². The number of primary sulfonamides is 1. The number of hydrogen-bond donors (Lipinski definition) is 2. The number of amides is 1. The number of aryl methyl sites for hydroxylation is 2. The highest BCUT2D eigenvalue weighted by Gasteiger charge is 2.18. The molecule has 0 radical (unpaired) electrons. The average molecular weight is 390 g/mol. The first-order chi connectivity index (χ1) is 12.6. The summed E-state index contributed by atoms with van der Waals surface area (Å²) in [5.41, 5.74) is 3.39. The molecule has 2 aromatic carbocycles.